The second-order valence-electron chi connectivity index (χ2n) is 1.43. The molecule has 38 valence electrons. The van der Waals surface area contributed by atoms with Crippen molar-refractivity contribution in [2.24, 2.45) is 0 Å². The van der Waals surface area contributed by atoms with E-state index in [0.29, 0.717) is 0 Å². The lowest BCUT2D eigenvalue weighted by Gasteiger charge is -2.02. The van der Waals surface area contributed by atoms with E-state index >= 15 is 0 Å². The molecule has 0 radical (unpaired) electrons. The molecule has 1 N–H and O–H groups in total. The predicted octanol–water partition coefficient (Wildman–Crippen LogP) is 0.939. The van der Waals surface area contributed by atoms with Gasteiger partial charge in [-0.1, -0.05) is 0 Å². The summed E-state index contributed by atoms with van der Waals surface area (Å²) in [7, 11) is 0. The molecular formula is C5H7NO. The molecule has 1 rings (SSSR count). The standard InChI is InChI=1S/C5H7NO/c1-5-2-3-7-6-4-5/h2-4,6H,1H3. The minimum Gasteiger partial charge on any atom is -0.391 e. The number of hydroxylamine groups is 1. The summed E-state index contributed by atoms with van der Waals surface area (Å²) < 4.78 is 0. The Balaban J connectivity index is 2.58. The first-order valence-electron chi connectivity index (χ1n) is 2.14. The van der Waals surface area contributed by atoms with E-state index in [-0.39, 0.29) is 0 Å². The fourth-order valence-corrected chi connectivity index (χ4v) is 0.356. The van der Waals surface area contributed by atoms with Crippen LogP contribution in [0.3, 0.4) is 0 Å². The van der Waals surface area contributed by atoms with E-state index in [4.69, 9.17) is 0 Å². The molecule has 0 saturated carbocycles. The summed E-state index contributed by atoms with van der Waals surface area (Å²) in [5.74, 6) is 0. The van der Waals surface area contributed by atoms with Crippen molar-refractivity contribution in [2.45, 2.75) is 6.92 Å². The Bertz CT molecular complexity index is 115. The van der Waals surface area contributed by atoms with Crippen LogP contribution in [-0.2, 0) is 4.84 Å². The van der Waals surface area contributed by atoms with Gasteiger partial charge in [0, 0.05) is 6.20 Å². The van der Waals surface area contributed by atoms with Gasteiger partial charge in [-0.3, -0.25) is 0 Å². The number of hydrogen-bond donors (Lipinski definition) is 1. The molecule has 0 aromatic carbocycles. The van der Waals surface area contributed by atoms with Gasteiger partial charge < -0.3 is 4.84 Å². The highest BCUT2D eigenvalue weighted by Crippen LogP contribution is 1.95. The highest BCUT2D eigenvalue weighted by Gasteiger charge is 1.84. The largest absolute Gasteiger partial charge is 0.391 e. The van der Waals surface area contributed by atoms with E-state index < -0.39 is 0 Å². The Morgan fingerprint density at radius 3 is 2.86 bits per heavy atom. The van der Waals surface area contributed by atoms with Crippen LogP contribution >= 0.6 is 0 Å². The van der Waals surface area contributed by atoms with Crippen molar-refractivity contribution in [1.29, 1.82) is 0 Å². The maximum atomic E-state index is 4.63. The number of nitrogens with one attached hydrogen (secondary N) is 1. The maximum Gasteiger partial charge on any atom is 0.119 e. The summed E-state index contributed by atoms with van der Waals surface area (Å²) in [6.07, 6.45) is 5.28. The molecule has 0 amide bonds. The first-order valence-corrected chi connectivity index (χ1v) is 2.14. The van der Waals surface area contributed by atoms with Crippen molar-refractivity contribution in [3.8, 4) is 0 Å². The summed E-state index contributed by atoms with van der Waals surface area (Å²) in [6, 6.07) is 0. The van der Waals surface area contributed by atoms with Gasteiger partial charge in [0.2, 0.25) is 0 Å². The van der Waals surface area contributed by atoms with Crippen molar-refractivity contribution < 1.29 is 4.84 Å². The SMILES string of the molecule is CC1=CNOC=C1. The van der Waals surface area contributed by atoms with Gasteiger partial charge in [0.15, 0.2) is 0 Å². The molecule has 0 spiro atoms. The summed E-state index contributed by atoms with van der Waals surface area (Å²) in [5.41, 5.74) is 3.76. The van der Waals surface area contributed by atoms with E-state index in [1.807, 2.05) is 13.0 Å². The third-order valence-corrected chi connectivity index (χ3v) is 0.754. The minimum absolute atomic E-state index is 1.17. The Kier molecular flexibility index (Phi) is 1.02. The smallest absolute Gasteiger partial charge is 0.119 e. The van der Waals surface area contributed by atoms with Crippen LogP contribution in [-0.4, -0.2) is 0 Å². The second kappa shape index (κ2) is 1.69. The lowest BCUT2D eigenvalue weighted by Crippen LogP contribution is -2.04. The molecule has 7 heavy (non-hydrogen) atoms. The van der Waals surface area contributed by atoms with Crippen LogP contribution in [0.1, 0.15) is 6.92 Å². The highest BCUT2D eigenvalue weighted by molar-refractivity contribution is 5.14. The van der Waals surface area contributed by atoms with Crippen molar-refractivity contribution >= 4 is 0 Å². The topological polar surface area (TPSA) is 21.3 Å². The third kappa shape index (κ3) is 0.961. The van der Waals surface area contributed by atoms with Crippen molar-refractivity contribution in [1.82, 2.24) is 5.48 Å². The maximum absolute atomic E-state index is 4.63. The minimum atomic E-state index is 1.17. The molecule has 0 aromatic heterocycles. The van der Waals surface area contributed by atoms with E-state index in [0.717, 1.165) is 0 Å². The molecular weight excluding hydrogens is 90.1 g/mol. The van der Waals surface area contributed by atoms with Gasteiger partial charge in [-0.05, 0) is 18.6 Å². The van der Waals surface area contributed by atoms with Gasteiger partial charge in [0.25, 0.3) is 0 Å². The number of allylic oxidation sites excluding steroid dienone is 2. The fraction of sp³-hybridized carbons (Fsp3) is 0.200. The van der Waals surface area contributed by atoms with Gasteiger partial charge in [-0.25, -0.2) is 5.48 Å². The predicted molar refractivity (Wildman–Crippen MR) is 27.1 cm³/mol. The zero-order valence-corrected chi connectivity index (χ0v) is 4.14. The molecule has 2 heteroatoms. The zero-order valence-electron chi connectivity index (χ0n) is 4.14. The van der Waals surface area contributed by atoms with E-state index in [9.17, 15) is 0 Å². The molecule has 1 aliphatic heterocycles. The average Bonchev–Trinajstić information content (AvgIpc) is 1.69. The molecule has 0 fully saturated rings. The molecule has 1 aliphatic rings. The summed E-state index contributed by atoms with van der Waals surface area (Å²) in [5, 5.41) is 0. The molecule has 0 aliphatic carbocycles. The first kappa shape index (κ1) is 4.24. The molecule has 0 unspecified atom stereocenters. The molecule has 0 saturated heterocycles. The van der Waals surface area contributed by atoms with Crippen LogP contribution < -0.4 is 5.48 Å². The van der Waals surface area contributed by atoms with Crippen LogP contribution in [0.15, 0.2) is 24.1 Å². The second-order valence-corrected chi connectivity index (χ2v) is 1.43. The van der Waals surface area contributed by atoms with Gasteiger partial charge in [0.05, 0.1) is 0 Å². The van der Waals surface area contributed by atoms with Crippen LogP contribution in [0.25, 0.3) is 0 Å². The van der Waals surface area contributed by atoms with Crippen molar-refractivity contribution in [3.05, 3.63) is 24.1 Å². The fourth-order valence-electron chi connectivity index (χ4n) is 0.356. The monoisotopic (exact) mass is 97.1 g/mol. The van der Waals surface area contributed by atoms with Crippen LogP contribution in [0.2, 0.25) is 0 Å². The highest BCUT2D eigenvalue weighted by atomic mass is 16.6. The third-order valence-electron chi connectivity index (χ3n) is 0.754. The van der Waals surface area contributed by atoms with Gasteiger partial charge in [0.1, 0.15) is 6.26 Å². The lowest BCUT2D eigenvalue weighted by atomic mass is 10.3. The average molecular weight is 97.1 g/mol. The van der Waals surface area contributed by atoms with Gasteiger partial charge >= 0.3 is 0 Å². The van der Waals surface area contributed by atoms with Gasteiger partial charge in [-0.2, -0.15) is 0 Å². The lowest BCUT2D eigenvalue weighted by molar-refractivity contribution is 0.171. The van der Waals surface area contributed by atoms with E-state index in [2.05, 4.69) is 10.3 Å². The van der Waals surface area contributed by atoms with E-state index in [1.54, 1.807) is 12.5 Å². The number of hydrogen-bond acceptors (Lipinski definition) is 2. The Hall–Kier alpha value is -0.920. The summed E-state index contributed by atoms with van der Waals surface area (Å²) >= 11 is 0. The Labute approximate surface area is 42.4 Å². The van der Waals surface area contributed by atoms with Crippen LogP contribution in [0.5, 0.6) is 0 Å². The van der Waals surface area contributed by atoms with Crippen molar-refractivity contribution in [2.75, 3.05) is 0 Å². The molecule has 0 bridgehead atoms. The van der Waals surface area contributed by atoms with E-state index in [1.165, 1.54) is 5.57 Å². The normalized spacial score (nSPS) is 17.0. The summed E-state index contributed by atoms with van der Waals surface area (Å²) in [6.45, 7) is 1.99. The molecule has 0 atom stereocenters. The Morgan fingerprint density at radius 2 is 2.57 bits per heavy atom. The number of rotatable bonds is 0. The molecule has 1 heterocycles. The quantitative estimate of drug-likeness (QED) is 0.485. The van der Waals surface area contributed by atoms with Crippen LogP contribution in [0, 0.1) is 0 Å². The Morgan fingerprint density at radius 1 is 1.71 bits per heavy atom. The summed E-state index contributed by atoms with van der Waals surface area (Å²) in [4.78, 5) is 4.63. The van der Waals surface area contributed by atoms with Gasteiger partial charge in [-0.15, -0.1) is 0 Å². The first-order chi connectivity index (χ1) is 3.39. The zero-order chi connectivity index (χ0) is 5.11. The molecule has 0 aromatic rings. The van der Waals surface area contributed by atoms with Crippen LogP contribution in [0.4, 0.5) is 0 Å². The van der Waals surface area contributed by atoms with Crippen molar-refractivity contribution in [3.63, 3.8) is 0 Å². The molecule has 2 nitrogen and oxygen atoms in total.